The second-order valence-corrected chi connectivity index (χ2v) is 13.6. The molecule has 0 unspecified atom stereocenters. The van der Waals surface area contributed by atoms with Crippen molar-refractivity contribution in [1.29, 1.82) is 0 Å². The van der Waals surface area contributed by atoms with Gasteiger partial charge in [0.2, 0.25) is 12.4 Å². The zero-order valence-electron chi connectivity index (χ0n) is 30.1. The van der Waals surface area contributed by atoms with E-state index in [2.05, 4.69) is 36.5 Å². The predicted octanol–water partition coefficient (Wildman–Crippen LogP) is 8.73. The third-order valence-electron chi connectivity index (χ3n) is 10.2. The molecule has 5 aromatic carbocycles. The number of nitrogens with zero attached hydrogens (tertiary/aromatic N) is 1. The van der Waals surface area contributed by atoms with E-state index in [1.807, 2.05) is 10.9 Å². The van der Waals surface area contributed by atoms with E-state index in [-0.39, 0.29) is 0 Å². The third-order valence-corrected chi connectivity index (χ3v) is 10.2. The van der Waals surface area contributed by atoms with Gasteiger partial charge in [0.15, 0.2) is 75.9 Å². The van der Waals surface area contributed by atoms with Gasteiger partial charge in [0.1, 0.15) is 52.7 Å². The molecule has 1 aliphatic carbocycles. The molecule has 0 N–H and O–H groups in total. The Morgan fingerprint density at radius 3 is 0.935 bits per heavy atom. The monoisotopic (exact) mass is 907 g/mol. The second-order valence-electron chi connectivity index (χ2n) is 13.6. The predicted molar refractivity (Wildman–Crippen MR) is 177 cm³/mol. The van der Waals surface area contributed by atoms with Gasteiger partial charge in [-0.25, -0.2) is 87.8 Å². The van der Waals surface area contributed by atoms with Crippen molar-refractivity contribution in [2.24, 2.45) is 0 Å². The molecule has 6 aromatic rings. The Hall–Kier alpha value is -6.03. The van der Waals surface area contributed by atoms with Crippen molar-refractivity contribution in [3.63, 3.8) is 0 Å². The van der Waals surface area contributed by atoms with E-state index in [4.69, 9.17) is 4.84 Å². The van der Waals surface area contributed by atoms with Crippen molar-refractivity contribution in [2.45, 2.75) is 38.2 Å². The van der Waals surface area contributed by atoms with Crippen LogP contribution in [0.4, 0.5) is 87.8 Å². The SMILES string of the molecule is Fc1c(F)c(F)c([B-](c2c(F)c(F)c(F)c(F)c2F)(c2c(F)c(F)c(F)c(F)c2F)c2c(F)c(F)c(F)c(F)c2F)c(F)c1F.c1ccc2c[n+](OC3CCCCC3)ccc2c1. The molecule has 328 valence electrons. The molecule has 0 spiro atoms. The van der Waals surface area contributed by atoms with E-state index in [1.165, 1.54) is 42.9 Å². The lowest BCUT2D eigenvalue weighted by Crippen LogP contribution is -2.81. The van der Waals surface area contributed by atoms with Gasteiger partial charge in [-0.15, -0.1) is 21.9 Å². The molecule has 0 aliphatic heterocycles. The van der Waals surface area contributed by atoms with Crippen LogP contribution in [0.15, 0.2) is 42.7 Å². The molecule has 1 aliphatic rings. The van der Waals surface area contributed by atoms with E-state index < -0.39 is 144 Å². The van der Waals surface area contributed by atoms with Crippen molar-refractivity contribution in [3.8, 4) is 0 Å². The molecule has 0 amide bonds. The van der Waals surface area contributed by atoms with Crippen LogP contribution in [0.25, 0.3) is 10.8 Å². The molecule has 23 heteroatoms. The molecule has 2 nitrogen and oxygen atoms in total. The van der Waals surface area contributed by atoms with E-state index in [1.54, 1.807) is 0 Å². The molecule has 1 saturated carbocycles. The quantitative estimate of drug-likeness (QED) is 0.0537. The van der Waals surface area contributed by atoms with Crippen molar-refractivity contribution in [2.75, 3.05) is 0 Å². The Morgan fingerprint density at radius 1 is 0.355 bits per heavy atom. The Balaban J connectivity index is 0.000000311. The van der Waals surface area contributed by atoms with Crippen LogP contribution in [0, 0.1) is 116 Å². The lowest BCUT2D eigenvalue weighted by atomic mass is 9.12. The highest BCUT2D eigenvalue weighted by Crippen LogP contribution is 2.31. The van der Waals surface area contributed by atoms with Gasteiger partial charge in [0.05, 0.1) is 5.39 Å². The highest BCUT2D eigenvalue weighted by Gasteiger charge is 2.52. The van der Waals surface area contributed by atoms with Gasteiger partial charge in [-0.05, 0) is 37.1 Å². The van der Waals surface area contributed by atoms with Crippen LogP contribution in [0.5, 0.6) is 0 Å². The zero-order chi connectivity index (χ0) is 45.9. The number of fused-ring (bicyclic) bond motifs is 1. The van der Waals surface area contributed by atoms with Crippen LogP contribution in [0.1, 0.15) is 32.1 Å². The minimum atomic E-state index is -7.22. The average molecular weight is 907 g/mol. The minimum Gasteiger partial charge on any atom is -0.268 e. The van der Waals surface area contributed by atoms with Crippen LogP contribution < -0.4 is 31.4 Å². The molecule has 0 saturated heterocycles. The minimum absolute atomic E-state index is 0.398. The Kier molecular flexibility index (Phi) is 12.5. The summed E-state index contributed by atoms with van der Waals surface area (Å²) in [6.45, 7) is 0. The van der Waals surface area contributed by atoms with Gasteiger partial charge < -0.3 is 0 Å². The molecule has 1 aromatic heterocycles. The van der Waals surface area contributed by atoms with Gasteiger partial charge >= 0.3 is 0 Å². The van der Waals surface area contributed by atoms with Gasteiger partial charge in [0.25, 0.3) is 0 Å². The van der Waals surface area contributed by atoms with Crippen molar-refractivity contribution >= 4 is 38.8 Å². The van der Waals surface area contributed by atoms with Crippen LogP contribution in [0.2, 0.25) is 0 Å². The van der Waals surface area contributed by atoms with Crippen LogP contribution in [0.3, 0.4) is 0 Å². The summed E-state index contributed by atoms with van der Waals surface area (Å²) in [5.41, 5.74) is -14.3. The van der Waals surface area contributed by atoms with Crippen LogP contribution in [-0.2, 0) is 0 Å². The Morgan fingerprint density at radius 2 is 0.629 bits per heavy atom. The van der Waals surface area contributed by atoms with Gasteiger partial charge in [-0.1, -0.05) is 24.6 Å². The van der Waals surface area contributed by atoms with Crippen molar-refractivity contribution in [1.82, 2.24) is 0 Å². The summed E-state index contributed by atoms with van der Waals surface area (Å²) in [7, 11) is 0. The first-order chi connectivity index (χ1) is 29.1. The molecule has 1 fully saturated rings. The van der Waals surface area contributed by atoms with E-state index >= 15 is 35.1 Å². The second kappa shape index (κ2) is 17.0. The average Bonchev–Trinajstić information content (AvgIpc) is 3.26. The lowest BCUT2D eigenvalue weighted by Gasteiger charge is -2.44. The summed E-state index contributed by atoms with van der Waals surface area (Å²) >= 11 is 0. The number of hydrogen-bond donors (Lipinski definition) is 0. The topological polar surface area (TPSA) is 13.1 Å². The van der Waals surface area contributed by atoms with Gasteiger partial charge in [-0.3, -0.25) is 4.84 Å². The summed E-state index contributed by atoms with van der Waals surface area (Å²) in [6, 6.07) is 10.5. The fourth-order valence-corrected chi connectivity index (χ4v) is 7.40. The Labute approximate surface area is 333 Å². The van der Waals surface area contributed by atoms with Crippen LogP contribution in [-0.4, -0.2) is 12.2 Å². The molecular formula is C39H18BF20NO. The molecule has 1 heterocycles. The zero-order valence-corrected chi connectivity index (χ0v) is 30.1. The summed E-state index contributed by atoms with van der Waals surface area (Å²) in [4.78, 5) is 5.98. The molecule has 62 heavy (non-hydrogen) atoms. The summed E-state index contributed by atoms with van der Waals surface area (Å²) in [5.74, 6) is -71.4. The maximum Gasteiger partial charge on any atom is 0.230 e. The number of halogens is 20. The van der Waals surface area contributed by atoms with Gasteiger partial charge in [0, 0.05) is 10.8 Å². The fourth-order valence-electron chi connectivity index (χ4n) is 7.40. The number of aromatic nitrogens is 1. The third kappa shape index (κ3) is 7.11. The lowest BCUT2D eigenvalue weighted by molar-refractivity contribution is -0.898. The number of rotatable bonds is 6. The first-order valence-corrected chi connectivity index (χ1v) is 17.4. The molecule has 0 radical (unpaired) electrons. The van der Waals surface area contributed by atoms with E-state index in [0.29, 0.717) is 6.10 Å². The normalized spacial score (nSPS) is 13.4. The van der Waals surface area contributed by atoms with Crippen molar-refractivity contribution < 1.29 is 97.4 Å². The van der Waals surface area contributed by atoms with Crippen LogP contribution >= 0.6 is 0 Å². The maximum atomic E-state index is 15.4. The maximum absolute atomic E-state index is 15.4. The summed E-state index contributed by atoms with van der Waals surface area (Å²) in [5, 5.41) is 2.49. The largest absolute Gasteiger partial charge is 0.268 e. The number of pyridine rings is 1. The van der Waals surface area contributed by atoms with Crippen molar-refractivity contribution in [3.05, 3.63) is 159 Å². The smallest absolute Gasteiger partial charge is 0.230 e. The molecule has 0 bridgehead atoms. The number of benzene rings is 5. The Bertz CT molecular complexity index is 2390. The molecular weight excluding hydrogens is 889 g/mol. The fraction of sp³-hybridized carbons (Fsp3) is 0.154. The summed E-state index contributed by atoms with van der Waals surface area (Å²) in [6.07, 6.45) is 3.63. The first-order valence-electron chi connectivity index (χ1n) is 17.4. The highest BCUT2D eigenvalue weighted by atomic mass is 19.2. The first kappa shape index (κ1) is 45.5. The molecule has 7 rings (SSSR count). The number of hydrogen-bond acceptors (Lipinski definition) is 1. The summed E-state index contributed by atoms with van der Waals surface area (Å²) < 4.78 is 296. The van der Waals surface area contributed by atoms with E-state index in [0.717, 1.165) is 0 Å². The standard InChI is InChI=1S/C24BF20.C15H18NO/c26-5-1(6(27)14(35)21(42)13(5)34)25(2-7(28)15(36)22(43)16(37)8(2)29,3-9(30)17(38)23(44)18(39)10(3)31)4-11(32)19(40)24(45)20(41)12(4)33;1-2-8-15(9-3-1)17-16-11-10-13-6-4-5-7-14(13)12-16/h;4-7,10-12,15H,1-3,8-9H2/q-1;+1. The van der Waals surface area contributed by atoms with E-state index in [9.17, 15) is 52.7 Å². The highest BCUT2D eigenvalue weighted by molar-refractivity contribution is 7.20. The van der Waals surface area contributed by atoms with Gasteiger partial charge in [-0.2, -0.15) is 0 Å². The molecule has 0 atom stereocenters.